The number of aromatic nitrogens is 1. The van der Waals surface area contributed by atoms with Gasteiger partial charge in [0.25, 0.3) is 0 Å². The zero-order chi connectivity index (χ0) is 10.2. The van der Waals surface area contributed by atoms with Gasteiger partial charge in [-0.1, -0.05) is 0 Å². The Morgan fingerprint density at radius 1 is 1.50 bits per heavy atom. The SMILES string of the molecule is CS(=O)(=O)Cc1coc2cccnc12. The molecule has 2 aromatic rings. The molecule has 2 aromatic heterocycles. The second-order valence-corrected chi connectivity index (χ2v) is 5.32. The van der Waals surface area contributed by atoms with E-state index >= 15 is 0 Å². The van der Waals surface area contributed by atoms with Crippen molar-refractivity contribution in [2.45, 2.75) is 5.75 Å². The van der Waals surface area contributed by atoms with E-state index in [0.717, 1.165) is 0 Å². The van der Waals surface area contributed by atoms with Crippen LogP contribution in [0.5, 0.6) is 0 Å². The van der Waals surface area contributed by atoms with E-state index in [4.69, 9.17) is 4.42 Å². The number of rotatable bonds is 2. The Bertz CT molecular complexity index is 556. The van der Waals surface area contributed by atoms with Gasteiger partial charge in [0.15, 0.2) is 15.4 Å². The third-order valence-corrected chi connectivity index (χ3v) is 2.66. The first-order valence-corrected chi connectivity index (χ1v) is 6.11. The minimum Gasteiger partial charge on any atom is -0.462 e. The van der Waals surface area contributed by atoms with Gasteiger partial charge in [-0.2, -0.15) is 0 Å². The average Bonchev–Trinajstić information content (AvgIpc) is 2.47. The molecule has 0 fully saturated rings. The van der Waals surface area contributed by atoms with E-state index in [1.54, 1.807) is 18.3 Å². The molecule has 5 heteroatoms. The molecule has 0 aliphatic carbocycles. The van der Waals surface area contributed by atoms with Gasteiger partial charge in [-0.25, -0.2) is 8.42 Å². The highest BCUT2D eigenvalue weighted by Gasteiger charge is 2.11. The summed E-state index contributed by atoms with van der Waals surface area (Å²) in [6, 6.07) is 3.50. The predicted octanol–water partition coefficient (Wildman–Crippen LogP) is 1.37. The summed E-state index contributed by atoms with van der Waals surface area (Å²) in [5.41, 5.74) is 1.85. The Morgan fingerprint density at radius 3 is 3.00 bits per heavy atom. The van der Waals surface area contributed by atoms with Crippen molar-refractivity contribution >= 4 is 20.9 Å². The van der Waals surface area contributed by atoms with Gasteiger partial charge in [-0.15, -0.1) is 0 Å². The summed E-state index contributed by atoms with van der Waals surface area (Å²) in [4.78, 5) is 4.07. The van der Waals surface area contributed by atoms with E-state index in [1.165, 1.54) is 12.5 Å². The third-order valence-electron chi connectivity index (χ3n) is 1.82. The van der Waals surface area contributed by atoms with Crippen LogP contribution in [-0.4, -0.2) is 19.7 Å². The Kier molecular flexibility index (Phi) is 2.03. The van der Waals surface area contributed by atoms with E-state index in [9.17, 15) is 8.42 Å². The predicted molar refractivity (Wildman–Crippen MR) is 52.6 cm³/mol. The summed E-state index contributed by atoms with van der Waals surface area (Å²) in [5.74, 6) is -0.0307. The highest BCUT2D eigenvalue weighted by molar-refractivity contribution is 7.89. The smallest absolute Gasteiger partial charge is 0.152 e. The van der Waals surface area contributed by atoms with Gasteiger partial charge < -0.3 is 4.42 Å². The zero-order valence-electron chi connectivity index (χ0n) is 7.60. The summed E-state index contributed by atoms with van der Waals surface area (Å²) in [6.45, 7) is 0. The normalized spacial score (nSPS) is 12.1. The lowest BCUT2D eigenvalue weighted by Crippen LogP contribution is -1.99. The molecule has 0 unspecified atom stereocenters. The van der Waals surface area contributed by atoms with Crippen LogP contribution in [0, 0.1) is 0 Å². The van der Waals surface area contributed by atoms with Crippen LogP contribution in [0.4, 0.5) is 0 Å². The molecule has 0 N–H and O–H groups in total. The van der Waals surface area contributed by atoms with Crippen molar-refractivity contribution in [1.82, 2.24) is 4.98 Å². The molecule has 0 aromatic carbocycles. The molecule has 2 rings (SSSR count). The minimum atomic E-state index is -3.04. The van der Waals surface area contributed by atoms with Crippen molar-refractivity contribution in [3.63, 3.8) is 0 Å². The van der Waals surface area contributed by atoms with E-state index in [0.29, 0.717) is 16.7 Å². The van der Waals surface area contributed by atoms with Crippen LogP contribution in [0.1, 0.15) is 5.56 Å². The number of sulfone groups is 1. The Balaban J connectivity index is 2.54. The Labute approximate surface area is 81.5 Å². The summed E-state index contributed by atoms with van der Waals surface area (Å²) >= 11 is 0. The molecule has 0 atom stereocenters. The summed E-state index contributed by atoms with van der Waals surface area (Å²) in [6.07, 6.45) is 4.25. The monoisotopic (exact) mass is 211 g/mol. The minimum absolute atomic E-state index is 0.0307. The number of hydrogen-bond acceptors (Lipinski definition) is 4. The largest absolute Gasteiger partial charge is 0.462 e. The summed E-state index contributed by atoms with van der Waals surface area (Å²) in [5, 5.41) is 0. The van der Waals surface area contributed by atoms with Gasteiger partial charge >= 0.3 is 0 Å². The lowest BCUT2D eigenvalue weighted by atomic mass is 10.3. The molecule has 0 saturated heterocycles. The Hall–Kier alpha value is -1.36. The van der Waals surface area contributed by atoms with Gasteiger partial charge in [-0.05, 0) is 12.1 Å². The van der Waals surface area contributed by atoms with Crippen molar-refractivity contribution in [3.05, 3.63) is 30.2 Å². The fourth-order valence-electron chi connectivity index (χ4n) is 1.30. The lowest BCUT2D eigenvalue weighted by molar-refractivity contribution is 0.596. The number of furan rings is 1. The Morgan fingerprint density at radius 2 is 2.29 bits per heavy atom. The fourth-order valence-corrected chi connectivity index (χ4v) is 2.07. The van der Waals surface area contributed by atoms with Gasteiger partial charge in [-0.3, -0.25) is 4.98 Å². The first kappa shape index (κ1) is 9.21. The third kappa shape index (κ3) is 1.77. The number of nitrogens with zero attached hydrogens (tertiary/aromatic N) is 1. The van der Waals surface area contributed by atoms with Crippen LogP contribution >= 0.6 is 0 Å². The van der Waals surface area contributed by atoms with Crippen molar-refractivity contribution in [1.29, 1.82) is 0 Å². The van der Waals surface area contributed by atoms with Crippen LogP contribution in [0.3, 0.4) is 0 Å². The number of pyridine rings is 1. The van der Waals surface area contributed by atoms with Crippen LogP contribution in [-0.2, 0) is 15.6 Å². The van der Waals surface area contributed by atoms with Crippen molar-refractivity contribution in [3.8, 4) is 0 Å². The first-order chi connectivity index (χ1) is 6.56. The molecule has 0 aliphatic heterocycles. The maximum absolute atomic E-state index is 11.1. The number of fused-ring (bicyclic) bond motifs is 1. The zero-order valence-corrected chi connectivity index (χ0v) is 8.41. The summed E-state index contributed by atoms with van der Waals surface area (Å²) in [7, 11) is -3.04. The van der Waals surface area contributed by atoms with Crippen LogP contribution in [0.15, 0.2) is 29.0 Å². The maximum atomic E-state index is 11.1. The molecule has 0 spiro atoms. The lowest BCUT2D eigenvalue weighted by Gasteiger charge is -1.93. The standard InChI is InChI=1S/C9H9NO3S/c1-14(11,12)6-7-5-13-8-3-2-4-10-9(7)8/h2-5H,6H2,1H3. The molecule has 0 amide bonds. The van der Waals surface area contributed by atoms with Crippen LogP contribution in [0.2, 0.25) is 0 Å². The van der Waals surface area contributed by atoms with E-state index < -0.39 is 9.84 Å². The highest BCUT2D eigenvalue weighted by atomic mass is 32.2. The molecular weight excluding hydrogens is 202 g/mol. The molecule has 0 saturated carbocycles. The van der Waals surface area contributed by atoms with Gasteiger partial charge in [0, 0.05) is 18.0 Å². The average molecular weight is 211 g/mol. The molecule has 2 heterocycles. The van der Waals surface area contributed by atoms with Gasteiger partial charge in [0.05, 0.1) is 12.0 Å². The van der Waals surface area contributed by atoms with E-state index in [2.05, 4.69) is 4.98 Å². The van der Waals surface area contributed by atoms with Gasteiger partial charge in [0.1, 0.15) is 5.52 Å². The van der Waals surface area contributed by atoms with E-state index in [-0.39, 0.29) is 5.75 Å². The van der Waals surface area contributed by atoms with Crippen molar-refractivity contribution in [2.75, 3.05) is 6.26 Å². The molecule has 0 radical (unpaired) electrons. The fraction of sp³-hybridized carbons (Fsp3) is 0.222. The van der Waals surface area contributed by atoms with Gasteiger partial charge in [0.2, 0.25) is 0 Å². The molecule has 4 nitrogen and oxygen atoms in total. The molecule has 14 heavy (non-hydrogen) atoms. The molecule has 74 valence electrons. The topological polar surface area (TPSA) is 60.2 Å². The molecular formula is C9H9NO3S. The number of hydrogen-bond donors (Lipinski definition) is 0. The van der Waals surface area contributed by atoms with Crippen LogP contribution < -0.4 is 0 Å². The van der Waals surface area contributed by atoms with Crippen LogP contribution in [0.25, 0.3) is 11.1 Å². The maximum Gasteiger partial charge on any atom is 0.152 e. The first-order valence-electron chi connectivity index (χ1n) is 4.05. The van der Waals surface area contributed by atoms with Crippen molar-refractivity contribution < 1.29 is 12.8 Å². The molecule has 0 bridgehead atoms. The summed E-state index contributed by atoms with van der Waals surface area (Å²) < 4.78 is 27.3. The van der Waals surface area contributed by atoms with E-state index in [1.807, 2.05) is 0 Å². The highest BCUT2D eigenvalue weighted by Crippen LogP contribution is 2.19. The second kappa shape index (κ2) is 3.09. The second-order valence-electron chi connectivity index (χ2n) is 3.18. The molecule has 0 aliphatic rings. The quantitative estimate of drug-likeness (QED) is 0.752. The van der Waals surface area contributed by atoms with Crippen molar-refractivity contribution in [2.24, 2.45) is 0 Å².